The number of aryl methyl sites for hydroxylation is 2. The Morgan fingerprint density at radius 1 is 0.836 bits per heavy atom. The van der Waals surface area contributed by atoms with Crippen molar-refractivity contribution in [2.24, 2.45) is 17.3 Å². The number of rotatable bonds is 19. The second kappa shape index (κ2) is 30.1. The Hall–Kier alpha value is -4.13. The number of Topliss-reactive ketones (excluding diaryl/α,β-unsaturated/α-hetero) is 1. The number of benzene rings is 2. The summed E-state index contributed by atoms with van der Waals surface area (Å²) in [6.07, 6.45) is 3.81. The van der Waals surface area contributed by atoms with Crippen LogP contribution in [0.5, 0.6) is 0 Å². The van der Waals surface area contributed by atoms with Gasteiger partial charge in [0.05, 0.1) is 32.4 Å². The minimum absolute atomic E-state index is 0.105. The summed E-state index contributed by atoms with van der Waals surface area (Å²) in [6.45, 7) is 22.5. The molecule has 2 unspecified atom stereocenters. The first-order valence-electron chi connectivity index (χ1n) is 19.6. The van der Waals surface area contributed by atoms with Gasteiger partial charge in [-0.1, -0.05) is 115 Å². The summed E-state index contributed by atoms with van der Waals surface area (Å²) in [5.41, 5.74) is 1.59. The number of nitrogens with zero attached hydrogens (tertiary/aromatic N) is 1. The summed E-state index contributed by atoms with van der Waals surface area (Å²) in [7, 11) is 0. The van der Waals surface area contributed by atoms with Crippen LogP contribution in [0.3, 0.4) is 0 Å². The quantitative estimate of drug-likeness (QED) is 0.131. The molecule has 1 aliphatic heterocycles. The minimum atomic E-state index is -0.898. The Morgan fingerprint density at radius 3 is 1.84 bits per heavy atom. The molecule has 5 N–H and O–H groups in total. The van der Waals surface area contributed by atoms with E-state index in [2.05, 4.69) is 66.0 Å². The number of likely N-dealkylation sites (N-methyl/N-ethyl adjacent to an activating group) is 1. The zero-order chi connectivity index (χ0) is 41.6. The predicted molar refractivity (Wildman–Crippen MR) is 220 cm³/mol. The highest BCUT2D eigenvalue weighted by Gasteiger charge is 2.34. The van der Waals surface area contributed by atoms with Crippen LogP contribution in [-0.2, 0) is 35.1 Å². The molecule has 0 aromatic heterocycles. The average molecular weight is 770 g/mol. The van der Waals surface area contributed by atoms with Gasteiger partial charge in [-0.2, -0.15) is 0 Å². The minimum Gasteiger partial charge on any atom is -0.395 e. The van der Waals surface area contributed by atoms with Crippen molar-refractivity contribution >= 4 is 30.4 Å². The summed E-state index contributed by atoms with van der Waals surface area (Å²) in [5.74, 6) is 0.0269. The molecule has 1 aliphatic rings. The van der Waals surface area contributed by atoms with Crippen LogP contribution in [0.15, 0.2) is 60.7 Å². The van der Waals surface area contributed by atoms with Crippen LogP contribution in [0.4, 0.5) is 0 Å². The van der Waals surface area contributed by atoms with Crippen LogP contribution in [0.25, 0.3) is 0 Å². The summed E-state index contributed by atoms with van der Waals surface area (Å²) in [6, 6.07) is 19.2. The first-order valence-corrected chi connectivity index (χ1v) is 19.6. The SMILES string of the molecule is CC(C)CC(C)NC(=O)[C@H](CCc1ccccc1)NC=O.CC(C)CC(NC(=O)CNC=O)C(=O)C(C)(C)CO.CCN1CCOCC1.Cc1ccccc1. The van der Waals surface area contributed by atoms with E-state index in [1.165, 1.54) is 17.7 Å². The fraction of sp³-hybridized carbons (Fsp3) is 0.605. The summed E-state index contributed by atoms with van der Waals surface area (Å²) in [4.78, 5) is 59.3. The number of hydrogen-bond donors (Lipinski definition) is 5. The van der Waals surface area contributed by atoms with Crippen LogP contribution in [-0.4, -0.2) is 105 Å². The van der Waals surface area contributed by atoms with Crippen LogP contribution in [0, 0.1) is 24.2 Å². The number of aliphatic hydroxyl groups excluding tert-OH is 1. The maximum atomic E-state index is 12.3. The molecule has 3 atom stereocenters. The van der Waals surface area contributed by atoms with E-state index in [-0.39, 0.29) is 36.8 Å². The number of aliphatic hydroxyl groups is 1. The molecular weight excluding hydrogens is 699 g/mol. The summed E-state index contributed by atoms with van der Waals surface area (Å²) < 4.78 is 5.16. The number of amides is 4. The molecule has 0 radical (unpaired) electrons. The highest BCUT2D eigenvalue weighted by Crippen LogP contribution is 2.20. The van der Waals surface area contributed by atoms with Crippen molar-refractivity contribution in [3.05, 3.63) is 71.8 Å². The van der Waals surface area contributed by atoms with Crippen molar-refractivity contribution in [3.63, 3.8) is 0 Å². The second-order valence-corrected chi connectivity index (χ2v) is 15.3. The molecule has 2 aromatic carbocycles. The molecule has 4 amide bonds. The number of carbonyl (C=O) groups is 5. The van der Waals surface area contributed by atoms with Gasteiger partial charge in [-0.15, -0.1) is 0 Å². The number of carbonyl (C=O) groups excluding carboxylic acids is 5. The van der Waals surface area contributed by atoms with Crippen molar-refractivity contribution < 1.29 is 33.8 Å². The Labute approximate surface area is 330 Å². The first-order chi connectivity index (χ1) is 26.1. The molecule has 2 aromatic rings. The topological polar surface area (TPSA) is 166 Å². The molecular formula is C43H71N5O7. The van der Waals surface area contributed by atoms with Crippen molar-refractivity contribution in [2.75, 3.05) is 46.0 Å². The third kappa shape index (κ3) is 25.6. The fourth-order valence-electron chi connectivity index (χ4n) is 5.52. The molecule has 0 bridgehead atoms. The molecule has 0 aliphatic carbocycles. The third-order valence-corrected chi connectivity index (χ3v) is 8.62. The van der Waals surface area contributed by atoms with Gasteiger partial charge in [-0.05, 0) is 63.5 Å². The number of nitrogens with one attached hydrogen (secondary N) is 4. The van der Waals surface area contributed by atoms with E-state index in [0.717, 1.165) is 39.1 Å². The van der Waals surface area contributed by atoms with Gasteiger partial charge in [0.2, 0.25) is 24.6 Å². The fourth-order valence-corrected chi connectivity index (χ4v) is 5.52. The van der Waals surface area contributed by atoms with Gasteiger partial charge in [0.1, 0.15) is 6.04 Å². The van der Waals surface area contributed by atoms with E-state index in [9.17, 15) is 29.1 Å². The zero-order valence-corrected chi connectivity index (χ0v) is 34.9. The molecule has 1 fully saturated rings. The van der Waals surface area contributed by atoms with E-state index in [1.807, 2.05) is 69.3 Å². The van der Waals surface area contributed by atoms with Crippen molar-refractivity contribution in [3.8, 4) is 0 Å². The van der Waals surface area contributed by atoms with Gasteiger partial charge in [0, 0.05) is 24.5 Å². The number of ketones is 1. The Kier molecular flexibility index (Phi) is 27.9. The Balaban J connectivity index is 0.000000774. The molecule has 55 heavy (non-hydrogen) atoms. The lowest BCUT2D eigenvalue weighted by molar-refractivity contribution is -0.134. The van der Waals surface area contributed by atoms with Gasteiger partial charge in [-0.3, -0.25) is 28.9 Å². The van der Waals surface area contributed by atoms with Gasteiger partial charge < -0.3 is 31.1 Å². The second-order valence-electron chi connectivity index (χ2n) is 15.3. The van der Waals surface area contributed by atoms with Gasteiger partial charge in [0.25, 0.3) is 0 Å². The van der Waals surface area contributed by atoms with Crippen LogP contribution in [0.1, 0.15) is 85.8 Å². The number of morpholine rings is 1. The van der Waals surface area contributed by atoms with Crippen LogP contribution >= 0.6 is 0 Å². The summed E-state index contributed by atoms with van der Waals surface area (Å²) >= 11 is 0. The average Bonchev–Trinajstić information content (AvgIpc) is 3.16. The molecule has 3 rings (SSSR count). The van der Waals surface area contributed by atoms with E-state index >= 15 is 0 Å². The molecule has 12 nitrogen and oxygen atoms in total. The summed E-state index contributed by atoms with van der Waals surface area (Å²) in [5, 5.41) is 19.7. The first kappa shape index (κ1) is 50.9. The zero-order valence-electron chi connectivity index (χ0n) is 34.9. The molecule has 1 saturated heterocycles. The van der Waals surface area contributed by atoms with Crippen LogP contribution in [0.2, 0.25) is 0 Å². The van der Waals surface area contributed by atoms with E-state index < -0.39 is 23.4 Å². The highest BCUT2D eigenvalue weighted by atomic mass is 16.5. The maximum absolute atomic E-state index is 12.3. The highest BCUT2D eigenvalue weighted by molar-refractivity contribution is 5.93. The van der Waals surface area contributed by atoms with E-state index in [0.29, 0.717) is 31.6 Å². The van der Waals surface area contributed by atoms with Gasteiger partial charge in [-0.25, -0.2) is 0 Å². The van der Waals surface area contributed by atoms with Crippen LogP contribution < -0.4 is 21.3 Å². The largest absolute Gasteiger partial charge is 0.395 e. The molecule has 12 heteroatoms. The molecule has 0 saturated carbocycles. The van der Waals surface area contributed by atoms with Crippen molar-refractivity contribution in [1.82, 2.24) is 26.2 Å². The van der Waals surface area contributed by atoms with Crippen molar-refractivity contribution in [2.45, 2.75) is 106 Å². The number of hydrogen-bond acceptors (Lipinski definition) is 8. The number of ether oxygens (including phenoxy) is 1. The Bertz CT molecular complexity index is 1320. The standard InChI is InChI=1S/C17H26N2O2.C13H24N2O4.C7H8.C6H13NO/c1-13(2)11-14(3)19-17(21)16(18-12-20)10-9-15-7-5-4-6-8-15;1-9(2)5-10(12(19)13(3,4)7-16)15-11(18)6-14-8-17;1-7-5-3-2-4-6-7;1-2-7-3-5-8-6-4-7/h4-8,12-14,16H,9-11H2,1-3H3,(H,18,20)(H,19,21);8-10,16H,5-7H2,1-4H3,(H,14,17)(H,15,18);2-6H,1H3;2-6H2,1H3/t14?,16-;;;/m0.../s1. The normalized spacial score (nSPS) is 14.2. The lowest BCUT2D eigenvalue weighted by atomic mass is 9.82. The molecule has 0 spiro atoms. The molecule has 310 valence electrons. The van der Waals surface area contributed by atoms with E-state index in [4.69, 9.17) is 4.74 Å². The van der Waals surface area contributed by atoms with E-state index in [1.54, 1.807) is 13.8 Å². The Morgan fingerprint density at radius 2 is 1.40 bits per heavy atom. The van der Waals surface area contributed by atoms with Gasteiger partial charge in [0.15, 0.2) is 5.78 Å². The maximum Gasteiger partial charge on any atom is 0.242 e. The lowest BCUT2D eigenvalue weighted by Gasteiger charge is -2.28. The molecule has 1 heterocycles. The van der Waals surface area contributed by atoms with Crippen molar-refractivity contribution in [1.29, 1.82) is 0 Å². The third-order valence-electron chi connectivity index (χ3n) is 8.62. The lowest BCUT2D eigenvalue weighted by Crippen LogP contribution is -2.50. The smallest absolute Gasteiger partial charge is 0.242 e. The van der Waals surface area contributed by atoms with Gasteiger partial charge >= 0.3 is 0 Å². The monoisotopic (exact) mass is 770 g/mol. The predicted octanol–water partition coefficient (Wildman–Crippen LogP) is 4.47.